The Kier molecular flexibility index (Phi) is 6.20. The zero-order valence-electron chi connectivity index (χ0n) is 16.9. The Morgan fingerprint density at radius 1 is 1.03 bits per heavy atom. The van der Waals surface area contributed by atoms with Gasteiger partial charge >= 0.3 is 0 Å². The number of methoxy groups -OCH3 is 1. The van der Waals surface area contributed by atoms with E-state index < -0.39 is 0 Å². The van der Waals surface area contributed by atoms with Crippen LogP contribution in [-0.4, -0.2) is 44.3 Å². The van der Waals surface area contributed by atoms with Crippen molar-refractivity contribution in [3.63, 3.8) is 0 Å². The second-order valence-corrected chi connectivity index (χ2v) is 7.52. The molecule has 2 aliphatic heterocycles. The van der Waals surface area contributed by atoms with Crippen LogP contribution >= 0.6 is 0 Å². The molecule has 0 spiro atoms. The number of carbonyl (C=O) groups is 1. The molecule has 6 heteroatoms. The van der Waals surface area contributed by atoms with Crippen LogP contribution in [0.1, 0.15) is 47.6 Å². The normalized spacial score (nSPS) is 17.4. The fourth-order valence-corrected chi connectivity index (χ4v) is 4.02. The average Bonchev–Trinajstić information content (AvgIpc) is 3.07. The minimum Gasteiger partial charge on any atom is -0.497 e. The summed E-state index contributed by atoms with van der Waals surface area (Å²) in [5, 5.41) is 3.13. The summed E-state index contributed by atoms with van der Waals surface area (Å²) in [6.45, 7) is 2.86. The number of benzene rings is 2. The molecule has 4 rings (SSSR count). The third-order valence-electron chi connectivity index (χ3n) is 5.67. The molecule has 154 valence electrons. The van der Waals surface area contributed by atoms with Gasteiger partial charge in [-0.05, 0) is 61.8 Å². The first-order chi connectivity index (χ1) is 14.2. The summed E-state index contributed by atoms with van der Waals surface area (Å²) in [4.78, 5) is 15.3. The first-order valence-electron chi connectivity index (χ1n) is 10.3. The lowest BCUT2D eigenvalue weighted by atomic mass is 10.0. The number of ether oxygens (including phenoxy) is 3. The monoisotopic (exact) mass is 396 g/mol. The van der Waals surface area contributed by atoms with E-state index in [1.165, 1.54) is 31.2 Å². The third kappa shape index (κ3) is 4.65. The molecule has 2 aromatic carbocycles. The van der Waals surface area contributed by atoms with Crippen LogP contribution in [0, 0.1) is 0 Å². The molecule has 1 fully saturated rings. The van der Waals surface area contributed by atoms with E-state index in [0.717, 1.165) is 18.8 Å². The van der Waals surface area contributed by atoms with Crippen molar-refractivity contribution < 1.29 is 19.0 Å². The van der Waals surface area contributed by atoms with Gasteiger partial charge in [0.15, 0.2) is 11.5 Å². The first-order valence-corrected chi connectivity index (χ1v) is 10.3. The molecular weight excluding hydrogens is 368 g/mol. The number of likely N-dealkylation sites (tertiary alicyclic amines) is 1. The number of nitrogens with zero attached hydrogens (tertiary/aromatic N) is 1. The highest BCUT2D eigenvalue weighted by Gasteiger charge is 2.23. The van der Waals surface area contributed by atoms with E-state index in [1.54, 1.807) is 25.3 Å². The van der Waals surface area contributed by atoms with Crippen molar-refractivity contribution in [2.24, 2.45) is 0 Å². The topological polar surface area (TPSA) is 60.0 Å². The SMILES string of the molecule is COc1ccc(C(CNC(=O)c2ccc3c(c2)OCO3)N2CCCCCC2)cc1. The van der Waals surface area contributed by atoms with Crippen molar-refractivity contribution in [2.45, 2.75) is 31.7 Å². The van der Waals surface area contributed by atoms with E-state index in [9.17, 15) is 4.79 Å². The number of rotatable bonds is 6. The lowest BCUT2D eigenvalue weighted by Crippen LogP contribution is -2.38. The Bertz CT molecular complexity index is 829. The number of amides is 1. The maximum absolute atomic E-state index is 12.8. The predicted octanol–water partition coefficient (Wildman–Crippen LogP) is 3.77. The number of carbonyl (C=O) groups excluding carboxylic acids is 1. The van der Waals surface area contributed by atoms with Crippen LogP contribution in [0.15, 0.2) is 42.5 Å². The lowest BCUT2D eigenvalue weighted by Gasteiger charge is -2.31. The Balaban J connectivity index is 1.48. The van der Waals surface area contributed by atoms with Gasteiger partial charge in [-0.3, -0.25) is 9.69 Å². The minimum absolute atomic E-state index is 0.100. The molecule has 2 heterocycles. The van der Waals surface area contributed by atoms with E-state index in [0.29, 0.717) is 23.6 Å². The molecule has 0 aromatic heterocycles. The maximum Gasteiger partial charge on any atom is 0.251 e. The van der Waals surface area contributed by atoms with Crippen molar-refractivity contribution in [1.29, 1.82) is 0 Å². The van der Waals surface area contributed by atoms with Crippen LogP contribution < -0.4 is 19.5 Å². The highest BCUT2D eigenvalue weighted by molar-refractivity contribution is 5.95. The molecule has 2 aromatic rings. The van der Waals surface area contributed by atoms with Crippen molar-refractivity contribution in [1.82, 2.24) is 10.2 Å². The summed E-state index contributed by atoms with van der Waals surface area (Å²) in [5.74, 6) is 2.04. The molecule has 0 saturated carbocycles. The van der Waals surface area contributed by atoms with Gasteiger partial charge in [0.2, 0.25) is 6.79 Å². The Morgan fingerprint density at radius 2 is 1.76 bits per heavy atom. The van der Waals surface area contributed by atoms with E-state index in [-0.39, 0.29) is 18.7 Å². The van der Waals surface area contributed by atoms with Crippen molar-refractivity contribution >= 4 is 5.91 Å². The zero-order valence-corrected chi connectivity index (χ0v) is 16.9. The predicted molar refractivity (Wildman–Crippen MR) is 111 cm³/mol. The van der Waals surface area contributed by atoms with Gasteiger partial charge in [-0.1, -0.05) is 25.0 Å². The minimum atomic E-state index is -0.100. The summed E-state index contributed by atoms with van der Waals surface area (Å²) < 4.78 is 16.0. The summed E-state index contributed by atoms with van der Waals surface area (Å²) in [6.07, 6.45) is 4.94. The Labute approximate surface area is 171 Å². The third-order valence-corrected chi connectivity index (χ3v) is 5.67. The average molecular weight is 396 g/mol. The van der Waals surface area contributed by atoms with Gasteiger partial charge in [-0.25, -0.2) is 0 Å². The van der Waals surface area contributed by atoms with Gasteiger partial charge in [-0.15, -0.1) is 0 Å². The molecule has 1 saturated heterocycles. The second-order valence-electron chi connectivity index (χ2n) is 7.52. The van der Waals surface area contributed by atoms with E-state index in [1.807, 2.05) is 12.1 Å². The molecule has 29 heavy (non-hydrogen) atoms. The summed E-state index contributed by atoms with van der Waals surface area (Å²) in [5.41, 5.74) is 1.78. The standard InChI is InChI=1S/C23H28N2O4/c1-27-19-9-6-17(7-10-19)20(25-12-4-2-3-5-13-25)15-24-23(26)18-8-11-21-22(14-18)29-16-28-21/h6-11,14,20H,2-5,12-13,15-16H2,1H3,(H,24,26). The molecule has 0 aliphatic carbocycles. The van der Waals surface area contributed by atoms with Crippen LogP contribution in [-0.2, 0) is 0 Å². The molecular formula is C23H28N2O4. The van der Waals surface area contributed by atoms with Crippen molar-refractivity contribution in [3.8, 4) is 17.2 Å². The molecule has 1 atom stereocenters. The molecule has 6 nitrogen and oxygen atoms in total. The Morgan fingerprint density at radius 3 is 2.48 bits per heavy atom. The van der Waals surface area contributed by atoms with Crippen molar-refractivity contribution in [2.75, 3.05) is 33.5 Å². The smallest absolute Gasteiger partial charge is 0.251 e. The molecule has 1 unspecified atom stereocenters. The summed E-state index contributed by atoms with van der Waals surface area (Å²) in [7, 11) is 1.67. The fraction of sp³-hybridized carbons (Fsp3) is 0.435. The molecule has 2 aliphatic rings. The van der Waals surface area contributed by atoms with Crippen molar-refractivity contribution in [3.05, 3.63) is 53.6 Å². The second kappa shape index (κ2) is 9.18. The van der Waals surface area contributed by atoms with Gasteiger partial charge < -0.3 is 19.5 Å². The number of hydrogen-bond acceptors (Lipinski definition) is 5. The van der Waals surface area contributed by atoms with Crippen LogP contribution in [0.25, 0.3) is 0 Å². The van der Waals surface area contributed by atoms with E-state index >= 15 is 0 Å². The lowest BCUT2D eigenvalue weighted by molar-refractivity contribution is 0.0932. The maximum atomic E-state index is 12.8. The van der Waals surface area contributed by atoms with Crippen LogP contribution in [0.2, 0.25) is 0 Å². The molecule has 0 radical (unpaired) electrons. The van der Waals surface area contributed by atoms with E-state index in [4.69, 9.17) is 14.2 Å². The first kappa shape index (κ1) is 19.6. The van der Waals surface area contributed by atoms with Gasteiger partial charge in [0.25, 0.3) is 5.91 Å². The number of hydrogen-bond donors (Lipinski definition) is 1. The molecule has 0 bridgehead atoms. The van der Waals surface area contributed by atoms with Crippen LogP contribution in [0.4, 0.5) is 0 Å². The van der Waals surface area contributed by atoms with Gasteiger partial charge in [0.1, 0.15) is 5.75 Å². The van der Waals surface area contributed by atoms with E-state index in [2.05, 4.69) is 22.3 Å². The summed E-state index contributed by atoms with van der Waals surface area (Å²) >= 11 is 0. The molecule has 1 amide bonds. The van der Waals surface area contributed by atoms with Gasteiger partial charge in [0.05, 0.1) is 13.2 Å². The van der Waals surface area contributed by atoms with Gasteiger partial charge in [0, 0.05) is 12.1 Å². The summed E-state index contributed by atoms with van der Waals surface area (Å²) in [6, 6.07) is 13.6. The van der Waals surface area contributed by atoms with Crippen LogP contribution in [0.5, 0.6) is 17.2 Å². The number of nitrogens with one attached hydrogen (secondary N) is 1. The highest BCUT2D eigenvalue weighted by Crippen LogP contribution is 2.32. The quantitative estimate of drug-likeness (QED) is 0.805. The zero-order chi connectivity index (χ0) is 20.1. The molecule has 1 N–H and O–H groups in total. The highest BCUT2D eigenvalue weighted by atomic mass is 16.7. The number of fused-ring (bicyclic) bond motifs is 1. The Hall–Kier alpha value is -2.73. The van der Waals surface area contributed by atoms with Crippen LogP contribution in [0.3, 0.4) is 0 Å². The van der Waals surface area contributed by atoms with Gasteiger partial charge in [-0.2, -0.15) is 0 Å². The fourth-order valence-electron chi connectivity index (χ4n) is 4.02. The largest absolute Gasteiger partial charge is 0.497 e.